The van der Waals surface area contributed by atoms with E-state index in [1.807, 2.05) is 33.1 Å². The molecule has 4 heteroatoms. The van der Waals surface area contributed by atoms with Crippen LogP contribution < -0.4 is 5.73 Å². The molecule has 1 atom stereocenters. The minimum absolute atomic E-state index is 0.139. The molecule has 0 aliphatic heterocycles. The molecule has 1 unspecified atom stereocenters. The SMILES string of the molecule is C/C=C(/CC(C)C(N)=O)N=CCC.CC=O. The summed E-state index contributed by atoms with van der Waals surface area (Å²) in [6.45, 7) is 7.19. The van der Waals surface area contributed by atoms with Crippen molar-refractivity contribution in [2.45, 2.75) is 40.5 Å². The summed E-state index contributed by atoms with van der Waals surface area (Å²) in [6, 6.07) is 0. The van der Waals surface area contributed by atoms with Crippen LogP contribution in [0.3, 0.4) is 0 Å². The van der Waals surface area contributed by atoms with Gasteiger partial charge in [-0.2, -0.15) is 0 Å². The Kier molecular flexibility index (Phi) is 12.3. The molecule has 4 nitrogen and oxygen atoms in total. The molecule has 0 rings (SSSR count). The molecular weight excluding hydrogens is 204 g/mol. The lowest BCUT2D eigenvalue weighted by molar-refractivity contribution is -0.121. The number of nitrogens with two attached hydrogens (primary N) is 1. The van der Waals surface area contributed by atoms with E-state index in [2.05, 4.69) is 4.99 Å². The van der Waals surface area contributed by atoms with Gasteiger partial charge in [0.25, 0.3) is 0 Å². The van der Waals surface area contributed by atoms with Gasteiger partial charge < -0.3 is 10.5 Å². The van der Waals surface area contributed by atoms with E-state index < -0.39 is 0 Å². The fourth-order valence-corrected chi connectivity index (χ4v) is 0.868. The third-order valence-electron chi connectivity index (χ3n) is 1.77. The number of carbonyl (C=O) groups excluding carboxylic acids is 2. The average Bonchev–Trinajstić information content (AvgIpc) is 2.24. The van der Waals surface area contributed by atoms with Gasteiger partial charge >= 0.3 is 0 Å². The summed E-state index contributed by atoms with van der Waals surface area (Å²) in [5.74, 6) is -0.411. The first-order valence-corrected chi connectivity index (χ1v) is 5.40. The number of allylic oxidation sites excluding steroid dienone is 2. The Morgan fingerprint density at radius 2 is 1.94 bits per heavy atom. The van der Waals surface area contributed by atoms with Crippen molar-refractivity contribution in [3.63, 3.8) is 0 Å². The zero-order chi connectivity index (χ0) is 13.0. The second-order valence-electron chi connectivity index (χ2n) is 3.24. The van der Waals surface area contributed by atoms with Gasteiger partial charge in [-0.1, -0.05) is 19.9 Å². The molecule has 1 amide bonds. The summed E-state index contributed by atoms with van der Waals surface area (Å²) in [7, 11) is 0. The number of rotatable bonds is 5. The average molecular weight is 226 g/mol. The van der Waals surface area contributed by atoms with Crippen molar-refractivity contribution in [1.82, 2.24) is 0 Å². The highest BCUT2D eigenvalue weighted by molar-refractivity contribution is 5.76. The van der Waals surface area contributed by atoms with Crippen LogP contribution in [-0.2, 0) is 9.59 Å². The van der Waals surface area contributed by atoms with Gasteiger partial charge in [-0.05, 0) is 20.3 Å². The molecule has 0 aromatic rings. The summed E-state index contributed by atoms with van der Waals surface area (Å²) in [4.78, 5) is 23.8. The molecule has 0 spiro atoms. The van der Waals surface area contributed by atoms with Crippen molar-refractivity contribution in [3.05, 3.63) is 11.8 Å². The molecule has 0 saturated carbocycles. The van der Waals surface area contributed by atoms with Crippen LogP contribution in [0.1, 0.15) is 40.5 Å². The van der Waals surface area contributed by atoms with Gasteiger partial charge in [-0.25, -0.2) is 0 Å². The molecular formula is C12H22N2O2. The van der Waals surface area contributed by atoms with E-state index in [-0.39, 0.29) is 11.8 Å². The topological polar surface area (TPSA) is 72.5 Å². The molecule has 0 fully saturated rings. The van der Waals surface area contributed by atoms with Crippen molar-refractivity contribution in [1.29, 1.82) is 0 Å². The molecule has 0 saturated heterocycles. The van der Waals surface area contributed by atoms with Crippen LogP contribution in [0.2, 0.25) is 0 Å². The first-order valence-electron chi connectivity index (χ1n) is 5.40. The highest BCUT2D eigenvalue weighted by atomic mass is 16.1. The maximum absolute atomic E-state index is 10.8. The number of carbonyl (C=O) groups is 2. The predicted molar refractivity (Wildman–Crippen MR) is 67.3 cm³/mol. The van der Waals surface area contributed by atoms with Crippen LogP contribution in [0.25, 0.3) is 0 Å². The fourth-order valence-electron chi connectivity index (χ4n) is 0.868. The predicted octanol–water partition coefficient (Wildman–Crippen LogP) is 2.09. The van der Waals surface area contributed by atoms with E-state index >= 15 is 0 Å². The molecule has 2 N–H and O–H groups in total. The highest BCUT2D eigenvalue weighted by Gasteiger charge is 2.09. The Morgan fingerprint density at radius 1 is 1.44 bits per heavy atom. The van der Waals surface area contributed by atoms with Gasteiger partial charge in [0.05, 0.1) is 0 Å². The van der Waals surface area contributed by atoms with Crippen LogP contribution in [-0.4, -0.2) is 18.4 Å². The molecule has 92 valence electrons. The fraction of sp³-hybridized carbons (Fsp3) is 0.583. The van der Waals surface area contributed by atoms with Crippen LogP contribution in [0.5, 0.6) is 0 Å². The maximum atomic E-state index is 10.8. The normalized spacial score (nSPS) is 12.9. The zero-order valence-electron chi connectivity index (χ0n) is 10.6. The summed E-state index contributed by atoms with van der Waals surface area (Å²) < 4.78 is 0. The van der Waals surface area contributed by atoms with E-state index in [0.717, 1.165) is 18.4 Å². The van der Waals surface area contributed by atoms with Gasteiger partial charge in [0, 0.05) is 24.3 Å². The number of hydrogen-bond donors (Lipinski definition) is 1. The minimum Gasteiger partial charge on any atom is -0.369 e. The summed E-state index contributed by atoms with van der Waals surface area (Å²) >= 11 is 0. The largest absolute Gasteiger partial charge is 0.369 e. The smallest absolute Gasteiger partial charge is 0.220 e. The Balaban J connectivity index is 0. The van der Waals surface area contributed by atoms with Crippen LogP contribution in [0.15, 0.2) is 16.8 Å². The third-order valence-corrected chi connectivity index (χ3v) is 1.77. The number of aldehydes is 1. The van der Waals surface area contributed by atoms with E-state index in [1.165, 1.54) is 6.92 Å². The number of nitrogens with zero attached hydrogens (tertiary/aromatic N) is 1. The van der Waals surface area contributed by atoms with Crippen molar-refractivity contribution >= 4 is 18.4 Å². The second-order valence-corrected chi connectivity index (χ2v) is 3.24. The third kappa shape index (κ3) is 10.6. The number of aliphatic imine (C=N–C) groups is 1. The Labute approximate surface area is 97.6 Å². The first-order chi connectivity index (χ1) is 7.53. The minimum atomic E-state index is -0.272. The number of primary amides is 1. The standard InChI is InChI=1S/C10H18N2O.C2H4O/c1-4-6-12-9(5-2)7-8(3)10(11)13;1-2-3/h5-6,8H,4,7H2,1-3H3,(H2,11,13);2H,1H3/b9-5-,12-6?;. The van der Waals surface area contributed by atoms with Crippen molar-refractivity contribution in [2.24, 2.45) is 16.6 Å². The van der Waals surface area contributed by atoms with Crippen molar-refractivity contribution < 1.29 is 9.59 Å². The summed E-state index contributed by atoms with van der Waals surface area (Å²) in [5, 5.41) is 0. The lowest BCUT2D eigenvalue weighted by Gasteiger charge is -2.06. The van der Waals surface area contributed by atoms with E-state index in [1.54, 1.807) is 0 Å². The molecule has 0 heterocycles. The van der Waals surface area contributed by atoms with Gasteiger partial charge in [-0.15, -0.1) is 0 Å². The monoisotopic (exact) mass is 226 g/mol. The van der Waals surface area contributed by atoms with Crippen LogP contribution in [0.4, 0.5) is 0 Å². The van der Waals surface area contributed by atoms with Gasteiger partial charge in [0.2, 0.25) is 5.91 Å². The van der Waals surface area contributed by atoms with Crippen molar-refractivity contribution in [3.8, 4) is 0 Å². The molecule has 0 aliphatic rings. The van der Waals surface area contributed by atoms with Gasteiger partial charge in [-0.3, -0.25) is 9.79 Å². The van der Waals surface area contributed by atoms with E-state index in [4.69, 9.17) is 10.5 Å². The number of hydrogen-bond acceptors (Lipinski definition) is 3. The zero-order valence-corrected chi connectivity index (χ0v) is 10.6. The Hall–Kier alpha value is -1.45. The second kappa shape index (κ2) is 11.6. The van der Waals surface area contributed by atoms with Gasteiger partial charge in [0.1, 0.15) is 6.29 Å². The highest BCUT2D eigenvalue weighted by Crippen LogP contribution is 2.11. The molecule has 0 radical (unpaired) electrons. The summed E-state index contributed by atoms with van der Waals surface area (Å²) in [5.41, 5.74) is 6.07. The molecule has 0 aromatic heterocycles. The molecule has 0 bridgehead atoms. The Morgan fingerprint density at radius 3 is 2.25 bits per heavy atom. The Bertz CT molecular complexity index is 258. The lowest BCUT2D eigenvalue weighted by atomic mass is 10.1. The first kappa shape index (κ1) is 17.0. The van der Waals surface area contributed by atoms with Gasteiger partial charge in [0.15, 0.2) is 0 Å². The lowest BCUT2D eigenvalue weighted by Crippen LogP contribution is -2.20. The summed E-state index contributed by atoms with van der Waals surface area (Å²) in [6.07, 6.45) is 6.03. The number of amides is 1. The van der Waals surface area contributed by atoms with Crippen LogP contribution in [0, 0.1) is 5.92 Å². The maximum Gasteiger partial charge on any atom is 0.220 e. The van der Waals surface area contributed by atoms with Crippen molar-refractivity contribution in [2.75, 3.05) is 0 Å². The van der Waals surface area contributed by atoms with Crippen LogP contribution >= 0.6 is 0 Å². The van der Waals surface area contributed by atoms with E-state index in [0.29, 0.717) is 6.42 Å². The quantitative estimate of drug-likeness (QED) is 0.576. The molecule has 16 heavy (non-hydrogen) atoms. The molecule has 0 aromatic carbocycles. The van der Waals surface area contributed by atoms with E-state index in [9.17, 15) is 4.79 Å². The molecule has 0 aliphatic carbocycles.